The van der Waals surface area contributed by atoms with Crippen LogP contribution in [0.3, 0.4) is 0 Å². The highest BCUT2D eigenvalue weighted by Gasteiger charge is 2.27. The van der Waals surface area contributed by atoms with Crippen LogP contribution in [0.5, 0.6) is 5.75 Å². The molecule has 1 amide bonds. The van der Waals surface area contributed by atoms with Gasteiger partial charge in [0.25, 0.3) is 0 Å². The minimum absolute atomic E-state index is 0.0663. The van der Waals surface area contributed by atoms with Crippen LogP contribution in [-0.4, -0.2) is 49.0 Å². The summed E-state index contributed by atoms with van der Waals surface area (Å²) in [6.07, 6.45) is 2.17. The molecule has 2 heterocycles. The van der Waals surface area contributed by atoms with Crippen molar-refractivity contribution in [3.8, 4) is 17.1 Å². The summed E-state index contributed by atoms with van der Waals surface area (Å²) in [5, 5.41) is 7.15. The molecule has 180 valence electrons. The van der Waals surface area contributed by atoms with Crippen molar-refractivity contribution in [3.63, 3.8) is 0 Å². The van der Waals surface area contributed by atoms with Gasteiger partial charge in [0.15, 0.2) is 0 Å². The minimum atomic E-state index is -3.55. The van der Waals surface area contributed by atoms with Crippen LogP contribution in [0.2, 0.25) is 5.02 Å². The van der Waals surface area contributed by atoms with Gasteiger partial charge < -0.3 is 14.6 Å². The van der Waals surface area contributed by atoms with Gasteiger partial charge in [0.1, 0.15) is 5.75 Å². The number of carbonyl (C=O) groups is 1. The Labute approximate surface area is 203 Å². The minimum Gasteiger partial charge on any atom is -0.496 e. The summed E-state index contributed by atoms with van der Waals surface area (Å²) >= 11 is 6.15. The van der Waals surface area contributed by atoms with Gasteiger partial charge in [-0.25, -0.2) is 8.42 Å². The number of sulfonamides is 1. The Bertz CT molecular complexity index is 1270. The molecule has 0 saturated carbocycles. The van der Waals surface area contributed by atoms with Gasteiger partial charge in [-0.15, -0.1) is 0 Å². The van der Waals surface area contributed by atoms with Gasteiger partial charge in [0.05, 0.1) is 23.6 Å². The van der Waals surface area contributed by atoms with E-state index in [4.69, 9.17) is 20.9 Å². The lowest BCUT2D eigenvalue weighted by Gasteiger charge is -2.17. The molecule has 0 atom stereocenters. The van der Waals surface area contributed by atoms with Crippen LogP contribution in [0.4, 0.5) is 0 Å². The molecule has 0 aliphatic carbocycles. The summed E-state index contributed by atoms with van der Waals surface area (Å²) in [6.45, 7) is 1.12. The van der Waals surface area contributed by atoms with Gasteiger partial charge in [0, 0.05) is 25.1 Å². The van der Waals surface area contributed by atoms with Crippen molar-refractivity contribution in [2.24, 2.45) is 0 Å². The number of hydrogen-bond acceptors (Lipinski definition) is 7. The van der Waals surface area contributed by atoms with E-state index in [0.29, 0.717) is 47.2 Å². The SMILES string of the molecule is COc1ccc(S(=O)(=O)N2CCCC2)cc1CCC(=O)NCc1nc(-c2ccccc2Cl)no1. The summed E-state index contributed by atoms with van der Waals surface area (Å²) in [5.41, 5.74) is 1.29. The summed E-state index contributed by atoms with van der Waals surface area (Å²) < 4.78 is 37.8. The van der Waals surface area contributed by atoms with E-state index in [0.717, 1.165) is 12.8 Å². The molecule has 0 bridgehead atoms. The molecule has 1 fully saturated rings. The maximum atomic E-state index is 12.9. The van der Waals surface area contributed by atoms with Crippen molar-refractivity contribution < 1.29 is 22.5 Å². The van der Waals surface area contributed by atoms with Crippen LogP contribution in [-0.2, 0) is 27.8 Å². The highest BCUT2D eigenvalue weighted by atomic mass is 35.5. The van der Waals surface area contributed by atoms with Crippen molar-refractivity contribution in [1.82, 2.24) is 19.8 Å². The van der Waals surface area contributed by atoms with Gasteiger partial charge in [-0.05, 0) is 55.2 Å². The number of aromatic nitrogens is 2. The molecule has 3 aromatic rings. The third-order valence-corrected chi connectivity index (χ3v) is 7.82. The molecular weight excluding hydrogens is 480 g/mol. The number of carbonyl (C=O) groups excluding carboxylic acids is 1. The van der Waals surface area contributed by atoms with Crippen LogP contribution in [0.1, 0.15) is 30.7 Å². The van der Waals surface area contributed by atoms with Crippen LogP contribution in [0.25, 0.3) is 11.4 Å². The van der Waals surface area contributed by atoms with Gasteiger partial charge >= 0.3 is 0 Å². The highest BCUT2D eigenvalue weighted by Crippen LogP contribution is 2.28. The molecule has 1 N–H and O–H groups in total. The van der Waals surface area contributed by atoms with Crippen LogP contribution in [0.15, 0.2) is 51.9 Å². The molecule has 0 unspecified atom stereocenters. The van der Waals surface area contributed by atoms with Gasteiger partial charge in [0.2, 0.25) is 27.6 Å². The molecule has 1 aliphatic heterocycles. The summed E-state index contributed by atoms with van der Waals surface area (Å²) in [4.78, 5) is 16.9. The Hall–Kier alpha value is -2.95. The third-order valence-electron chi connectivity index (χ3n) is 5.60. The number of amides is 1. The lowest BCUT2D eigenvalue weighted by atomic mass is 10.1. The van der Waals surface area contributed by atoms with Crippen LogP contribution < -0.4 is 10.1 Å². The summed E-state index contributed by atoms with van der Waals surface area (Å²) in [6, 6.07) is 11.9. The van der Waals surface area contributed by atoms with Crippen molar-refractivity contribution in [2.75, 3.05) is 20.2 Å². The fourth-order valence-corrected chi connectivity index (χ4v) is 5.57. The Morgan fingerprint density at radius 3 is 2.71 bits per heavy atom. The first-order valence-electron chi connectivity index (χ1n) is 10.9. The highest BCUT2D eigenvalue weighted by molar-refractivity contribution is 7.89. The molecule has 1 saturated heterocycles. The second-order valence-corrected chi connectivity index (χ2v) is 10.2. The molecule has 34 heavy (non-hydrogen) atoms. The maximum absolute atomic E-state index is 12.9. The quantitative estimate of drug-likeness (QED) is 0.474. The predicted octanol–water partition coefficient (Wildman–Crippen LogP) is 3.43. The van der Waals surface area contributed by atoms with Gasteiger partial charge in [-0.3, -0.25) is 4.79 Å². The van der Waals surface area contributed by atoms with E-state index in [1.54, 1.807) is 36.4 Å². The largest absolute Gasteiger partial charge is 0.496 e. The molecule has 1 aliphatic rings. The zero-order chi connectivity index (χ0) is 24.1. The predicted molar refractivity (Wildman–Crippen MR) is 126 cm³/mol. The van der Waals surface area contributed by atoms with E-state index in [1.807, 2.05) is 6.07 Å². The number of methoxy groups -OCH3 is 1. The molecule has 11 heteroatoms. The monoisotopic (exact) mass is 504 g/mol. The third kappa shape index (κ3) is 5.40. The first kappa shape index (κ1) is 24.2. The second-order valence-electron chi connectivity index (χ2n) is 7.85. The number of nitrogens with one attached hydrogen (secondary N) is 1. The number of nitrogens with zero attached hydrogens (tertiary/aromatic N) is 3. The first-order valence-corrected chi connectivity index (χ1v) is 12.7. The number of ether oxygens (including phenoxy) is 1. The van der Waals surface area contributed by atoms with Gasteiger partial charge in [-0.2, -0.15) is 9.29 Å². The Balaban J connectivity index is 1.37. The number of aryl methyl sites for hydroxylation is 1. The van der Waals surface area contributed by atoms with Crippen molar-refractivity contribution in [2.45, 2.75) is 37.1 Å². The molecule has 4 rings (SSSR count). The van der Waals surface area contributed by atoms with E-state index < -0.39 is 10.0 Å². The lowest BCUT2D eigenvalue weighted by molar-refractivity contribution is -0.121. The molecule has 1 aromatic heterocycles. The lowest BCUT2D eigenvalue weighted by Crippen LogP contribution is -2.28. The van der Waals surface area contributed by atoms with E-state index >= 15 is 0 Å². The average Bonchev–Trinajstić information content (AvgIpc) is 3.54. The number of hydrogen-bond donors (Lipinski definition) is 1. The van der Waals surface area contributed by atoms with E-state index in [-0.39, 0.29) is 29.7 Å². The molecule has 0 radical (unpaired) electrons. The summed E-state index contributed by atoms with van der Waals surface area (Å²) in [5.74, 6) is 0.886. The fourth-order valence-electron chi connectivity index (χ4n) is 3.78. The van der Waals surface area contributed by atoms with Crippen LogP contribution in [0, 0.1) is 0 Å². The zero-order valence-corrected chi connectivity index (χ0v) is 20.2. The Kier molecular flexibility index (Phi) is 7.50. The maximum Gasteiger partial charge on any atom is 0.246 e. The molecule has 9 nitrogen and oxygen atoms in total. The zero-order valence-electron chi connectivity index (χ0n) is 18.7. The molecule has 2 aromatic carbocycles. The van der Waals surface area contributed by atoms with E-state index in [1.165, 1.54) is 11.4 Å². The van der Waals surface area contributed by atoms with Crippen molar-refractivity contribution >= 4 is 27.5 Å². The smallest absolute Gasteiger partial charge is 0.246 e. The molecular formula is C23H25ClN4O5S. The number of rotatable bonds is 9. The Morgan fingerprint density at radius 2 is 1.97 bits per heavy atom. The summed E-state index contributed by atoms with van der Waals surface area (Å²) in [7, 11) is -2.04. The topological polar surface area (TPSA) is 115 Å². The average molecular weight is 505 g/mol. The number of benzene rings is 2. The van der Waals surface area contributed by atoms with Crippen LogP contribution >= 0.6 is 11.6 Å². The number of halogens is 1. The molecule has 0 spiro atoms. The van der Waals surface area contributed by atoms with Crippen molar-refractivity contribution in [1.29, 1.82) is 0 Å². The van der Waals surface area contributed by atoms with Crippen molar-refractivity contribution in [3.05, 3.63) is 58.9 Å². The standard InChI is InChI=1S/C23H25ClN4O5S/c1-32-20-10-9-17(34(30,31)28-12-4-5-13-28)14-16(20)8-11-21(29)25-15-22-26-23(27-33-22)18-6-2-3-7-19(18)24/h2-3,6-7,9-10,14H,4-5,8,11-13,15H2,1H3,(H,25,29). The first-order chi connectivity index (χ1) is 16.4. The second kappa shape index (κ2) is 10.5. The normalized spacial score (nSPS) is 14.3. The van der Waals surface area contributed by atoms with E-state index in [9.17, 15) is 13.2 Å². The fraction of sp³-hybridized carbons (Fsp3) is 0.348. The van der Waals surface area contributed by atoms with E-state index in [2.05, 4.69) is 15.5 Å². The Morgan fingerprint density at radius 1 is 1.21 bits per heavy atom. The van der Waals surface area contributed by atoms with Gasteiger partial charge in [-0.1, -0.05) is 28.9 Å².